The van der Waals surface area contributed by atoms with Crippen LogP contribution in [0.25, 0.3) is 10.9 Å². The van der Waals surface area contributed by atoms with E-state index in [-0.39, 0.29) is 12.1 Å². The molecule has 1 aromatic carbocycles. The van der Waals surface area contributed by atoms with Gasteiger partial charge in [0.05, 0.1) is 30.1 Å². The van der Waals surface area contributed by atoms with Crippen LogP contribution in [-0.4, -0.2) is 41.8 Å². The first-order valence-electron chi connectivity index (χ1n) is 8.68. The maximum absolute atomic E-state index is 12.8. The average molecular weight is 349 g/mol. The summed E-state index contributed by atoms with van der Waals surface area (Å²) in [4.78, 5) is 23.8. The Kier molecular flexibility index (Phi) is 4.46. The Hall–Kier alpha value is -3.05. The third-order valence-corrected chi connectivity index (χ3v) is 4.88. The topological polar surface area (TPSA) is 92.6 Å². The van der Waals surface area contributed by atoms with Crippen molar-refractivity contribution in [3.8, 4) is 6.07 Å². The summed E-state index contributed by atoms with van der Waals surface area (Å²) in [6.07, 6.45) is 5.41. The van der Waals surface area contributed by atoms with Crippen molar-refractivity contribution in [1.29, 1.82) is 5.26 Å². The summed E-state index contributed by atoms with van der Waals surface area (Å²) in [5, 5.41) is 13.9. The Morgan fingerprint density at radius 3 is 3.00 bits per heavy atom. The van der Waals surface area contributed by atoms with E-state index >= 15 is 0 Å². The van der Waals surface area contributed by atoms with Crippen LogP contribution in [0.4, 0.5) is 0 Å². The van der Waals surface area contributed by atoms with Gasteiger partial charge in [-0.05, 0) is 31.5 Å². The number of nitrogens with zero attached hydrogens (tertiary/aromatic N) is 7. The van der Waals surface area contributed by atoms with Crippen molar-refractivity contribution in [2.75, 3.05) is 6.54 Å². The second-order valence-electron chi connectivity index (χ2n) is 6.48. The van der Waals surface area contributed by atoms with Crippen LogP contribution in [0.5, 0.6) is 0 Å². The molecule has 0 amide bonds. The van der Waals surface area contributed by atoms with E-state index in [0.717, 1.165) is 25.9 Å². The number of hydrogen-bond acceptors (Lipinski definition) is 6. The maximum Gasteiger partial charge on any atom is 0.262 e. The third kappa shape index (κ3) is 3.09. The molecule has 26 heavy (non-hydrogen) atoms. The molecule has 0 radical (unpaired) electrons. The van der Waals surface area contributed by atoms with Gasteiger partial charge in [0, 0.05) is 6.04 Å². The standard InChI is InChI=1S/C18H19N7O/c19-7-9-25-17(22-16-6-2-1-5-15(16)18(25)26)11-23-8-3-4-14(23)10-24-13-20-12-21-24/h1-2,5-6,12-14H,3-4,8-11H2/t14-/m0/s1. The van der Waals surface area contributed by atoms with Crippen LogP contribution < -0.4 is 5.56 Å². The molecule has 0 spiro atoms. The van der Waals surface area contributed by atoms with Crippen molar-refractivity contribution in [3.05, 3.63) is 53.1 Å². The lowest BCUT2D eigenvalue weighted by atomic mass is 10.2. The molecule has 0 unspecified atom stereocenters. The van der Waals surface area contributed by atoms with E-state index in [4.69, 9.17) is 5.26 Å². The van der Waals surface area contributed by atoms with Crippen molar-refractivity contribution in [1.82, 2.24) is 29.2 Å². The first-order valence-corrected chi connectivity index (χ1v) is 8.68. The van der Waals surface area contributed by atoms with Crippen LogP contribution in [0.15, 0.2) is 41.7 Å². The Bertz CT molecular complexity index is 1000. The minimum Gasteiger partial charge on any atom is -0.291 e. The number of aromatic nitrogens is 5. The molecule has 1 atom stereocenters. The van der Waals surface area contributed by atoms with Crippen molar-refractivity contribution in [2.45, 2.75) is 38.5 Å². The number of fused-ring (bicyclic) bond motifs is 1. The maximum atomic E-state index is 12.8. The highest BCUT2D eigenvalue weighted by Crippen LogP contribution is 2.21. The van der Waals surface area contributed by atoms with Gasteiger partial charge in [-0.15, -0.1) is 0 Å². The molecular weight excluding hydrogens is 330 g/mol. The van der Waals surface area contributed by atoms with Gasteiger partial charge in [-0.1, -0.05) is 12.1 Å². The fourth-order valence-electron chi connectivity index (χ4n) is 3.60. The molecule has 132 valence electrons. The van der Waals surface area contributed by atoms with Crippen LogP contribution in [0.3, 0.4) is 0 Å². The van der Waals surface area contributed by atoms with Gasteiger partial charge in [0.1, 0.15) is 25.0 Å². The second-order valence-corrected chi connectivity index (χ2v) is 6.48. The predicted octanol–water partition coefficient (Wildman–Crippen LogP) is 1.18. The summed E-state index contributed by atoms with van der Waals surface area (Å²) in [5.41, 5.74) is 0.521. The molecule has 4 rings (SSSR count). The highest BCUT2D eigenvalue weighted by molar-refractivity contribution is 5.77. The first kappa shape index (κ1) is 16.4. The van der Waals surface area contributed by atoms with Crippen LogP contribution in [0.1, 0.15) is 18.7 Å². The molecule has 1 aliphatic rings. The Balaban J connectivity index is 1.66. The largest absolute Gasteiger partial charge is 0.291 e. The zero-order chi connectivity index (χ0) is 17.9. The SMILES string of the molecule is N#CCn1c(CN2CCC[C@H]2Cn2cncn2)nc2ccccc2c1=O. The summed E-state index contributed by atoms with van der Waals surface area (Å²) < 4.78 is 3.33. The average Bonchev–Trinajstić information content (AvgIpc) is 3.31. The number of benzene rings is 1. The van der Waals surface area contributed by atoms with Crippen molar-refractivity contribution < 1.29 is 0 Å². The molecule has 3 aromatic rings. The molecule has 3 heterocycles. The van der Waals surface area contributed by atoms with Crippen molar-refractivity contribution in [3.63, 3.8) is 0 Å². The van der Waals surface area contributed by atoms with E-state index in [9.17, 15) is 4.79 Å². The summed E-state index contributed by atoms with van der Waals surface area (Å²) in [6.45, 7) is 2.25. The van der Waals surface area contributed by atoms with E-state index < -0.39 is 0 Å². The zero-order valence-corrected chi connectivity index (χ0v) is 14.3. The molecule has 0 aliphatic carbocycles. The van der Waals surface area contributed by atoms with Gasteiger partial charge in [-0.3, -0.25) is 18.9 Å². The number of nitriles is 1. The zero-order valence-electron chi connectivity index (χ0n) is 14.3. The molecule has 8 nitrogen and oxygen atoms in total. The smallest absolute Gasteiger partial charge is 0.262 e. The Labute approximate surface area is 150 Å². The number of para-hydroxylation sites is 1. The number of rotatable bonds is 5. The molecule has 1 fully saturated rings. The Morgan fingerprint density at radius 2 is 2.19 bits per heavy atom. The normalized spacial score (nSPS) is 17.6. The summed E-state index contributed by atoms with van der Waals surface area (Å²) in [5.74, 6) is 0.640. The lowest BCUT2D eigenvalue weighted by molar-refractivity contribution is 0.211. The molecule has 8 heteroatoms. The van der Waals surface area contributed by atoms with Gasteiger partial charge in [-0.2, -0.15) is 10.4 Å². The molecule has 0 saturated carbocycles. The van der Waals surface area contributed by atoms with Gasteiger partial charge in [0.15, 0.2) is 0 Å². The summed E-state index contributed by atoms with van der Waals surface area (Å²) >= 11 is 0. The van der Waals surface area contributed by atoms with Crippen LogP contribution in [-0.2, 0) is 19.6 Å². The number of hydrogen-bond donors (Lipinski definition) is 0. The van der Waals surface area contributed by atoms with Gasteiger partial charge >= 0.3 is 0 Å². The molecule has 1 aliphatic heterocycles. The highest BCUT2D eigenvalue weighted by Gasteiger charge is 2.26. The van der Waals surface area contributed by atoms with E-state index in [1.54, 1.807) is 12.4 Å². The van der Waals surface area contributed by atoms with E-state index in [0.29, 0.717) is 29.3 Å². The molecule has 2 aromatic heterocycles. The second kappa shape index (κ2) is 7.06. The highest BCUT2D eigenvalue weighted by atomic mass is 16.1. The van der Waals surface area contributed by atoms with E-state index in [1.165, 1.54) is 10.9 Å². The van der Waals surface area contributed by atoms with Crippen molar-refractivity contribution >= 4 is 10.9 Å². The molecule has 0 N–H and O–H groups in total. The predicted molar refractivity (Wildman–Crippen MR) is 95.1 cm³/mol. The first-order chi connectivity index (χ1) is 12.8. The van der Waals surface area contributed by atoms with Crippen LogP contribution >= 0.6 is 0 Å². The van der Waals surface area contributed by atoms with Crippen molar-refractivity contribution in [2.24, 2.45) is 0 Å². The van der Waals surface area contributed by atoms with E-state index in [2.05, 4.69) is 26.0 Å². The minimum absolute atomic E-state index is 0.00752. The lowest BCUT2D eigenvalue weighted by Crippen LogP contribution is -2.36. The summed E-state index contributed by atoms with van der Waals surface area (Å²) in [7, 11) is 0. The Morgan fingerprint density at radius 1 is 1.31 bits per heavy atom. The fraction of sp³-hybridized carbons (Fsp3) is 0.389. The van der Waals surface area contributed by atoms with Crippen LogP contribution in [0, 0.1) is 11.3 Å². The van der Waals surface area contributed by atoms with Gasteiger partial charge in [-0.25, -0.2) is 9.97 Å². The summed E-state index contributed by atoms with van der Waals surface area (Å²) in [6, 6.07) is 9.68. The minimum atomic E-state index is -0.154. The molecular formula is C18H19N7O. The lowest BCUT2D eigenvalue weighted by Gasteiger charge is -2.25. The number of likely N-dealkylation sites (tertiary alicyclic amines) is 1. The van der Waals surface area contributed by atoms with Gasteiger partial charge in [0.25, 0.3) is 5.56 Å². The molecule has 0 bridgehead atoms. The fourth-order valence-corrected chi connectivity index (χ4v) is 3.60. The van der Waals surface area contributed by atoms with E-state index in [1.807, 2.05) is 22.9 Å². The van der Waals surface area contributed by atoms with Gasteiger partial charge in [0.2, 0.25) is 0 Å². The van der Waals surface area contributed by atoms with Crippen LogP contribution in [0.2, 0.25) is 0 Å². The molecule has 1 saturated heterocycles. The van der Waals surface area contributed by atoms with Gasteiger partial charge < -0.3 is 0 Å². The third-order valence-electron chi connectivity index (χ3n) is 4.88. The quantitative estimate of drug-likeness (QED) is 0.687. The monoisotopic (exact) mass is 349 g/mol.